The maximum absolute atomic E-state index is 12.9. The van der Waals surface area contributed by atoms with Crippen LogP contribution >= 0.6 is 34.9 Å². The molecule has 0 spiro atoms. The highest BCUT2D eigenvalue weighted by atomic mass is 32.2. The Labute approximate surface area is 206 Å². The Balaban J connectivity index is 1.48. The molecule has 2 aromatic heterocycles. The number of rotatable bonds is 9. The van der Waals surface area contributed by atoms with Gasteiger partial charge >= 0.3 is 12.0 Å². The van der Waals surface area contributed by atoms with Crippen molar-refractivity contribution < 1.29 is 24.3 Å². The first-order chi connectivity index (χ1) is 16.3. The molecule has 0 aromatic carbocycles. The quantitative estimate of drug-likeness (QED) is 0.271. The number of aliphatic carboxylic acids is 1. The number of β-lactam (4-membered cyclic amide) rings is 1. The molecular weight excluding hydrogens is 502 g/mol. The van der Waals surface area contributed by atoms with Crippen LogP contribution in [0.5, 0.6) is 0 Å². The van der Waals surface area contributed by atoms with Crippen LogP contribution in [-0.4, -0.2) is 71.7 Å². The fourth-order valence-corrected chi connectivity index (χ4v) is 6.88. The van der Waals surface area contributed by atoms with Crippen LogP contribution in [0, 0.1) is 0 Å². The number of thiophene rings is 1. The molecule has 34 heavy (non-hydrogen) atoms. The van der Waals surface area contributed by atoms with Gasteiger partial charge in [-0.25, -0.2) is 14.3 Å². The van der Waals surface area contributed by atoms with E-state index in [0.29, 0.717) is 28.5 Å². The van der Waals surface area contributed by atoms with Gasteiger partial charge in [0.1, 0.15) is 28.2 Å². The zero-order valence-electron chi connectivity index (χ0n) is 17.8. The minimum Gasteiger partial charge on any atom is -0.477 e. The number of nitrogens with two attached hydrogens (primary N) is 1. The van der Waals surface area contributed by atoms with Gasteiger partial charge in [0.25, 0.3) is 5.91 Å². The number of hydrogen-bond acceptors (Lipinski definition) is 9. The van der Waals surface area contributed by atoms with Gasteiger partial charge in [0.15, 0.2) is 0 Å². The van der Waals surface area contributed by atoms with Crippen LogP contribution in [0.2, 0.25) is 0 Å². The van der Waals surface area contributed by atoms with Gasteiger partial charge in [-0.05, 0) is 23.9 Å². The van der Waals surface area contributed by atoms with E-state index >= 15 is 0 Å². The summed E-state index contributed by atoms with van der Waals surface area (Å²) in [6, 6.07) is 0.559. The standard InChI is InChI=1S/C19H21N7O5S3/c1-2-25-11(6-21-24-25)33-7-9-8-34-17-13(16(28)26(17)14(9)18(29)30)22-15(27)12(23-19(20)31)10-4-3-5-32-10/h3-6,12-13,17H,2,7-8H2,1H3,(H,22,27)(H,29,30)(H3,20,23,31)/t12?,13-,17?/m0/s1. The van der Waals surface area contributed by atoms with Gasteiger partial charge < -0.3 is 21.5 Å². The molecule has 15 heteroatoms. The SMILES string of the molecule is CCn1nncc1SCC1=C(C(=O)O)N2C(=O)[C@H](NC(=O)C(NC(N)=O)c3cccs3)C2SC1. The first kappa shape index (κ1) is 24.1. The van der Waals surface area contributed by atoms with E-state index in [-0.39, 0.29) is 5.70 Å². The first-order valence-corrected chi connectivity index (χ1v) is 13.0. The average Bonchev–Trinajstić information content (AvgIpc) is 3.50. The first-order valence-electron chi connectivity index (χ1n) is 10.1. The van der Waals surface area contributed by atoms with Crippen LogP contribution in [0.15, 0.2) is 40.0 Å². The number of carbonyl (C=O) groups excluding carboxylic acids is 3. The number of aryl methyl sites for hydroxylation is 1. The minimum atomic E-state index is -1.20. The molecule has 4 rings (SSSR count). The van der Waals surface area contributed by atoms with Crippen LogP contribution in [0.1, 0.15) is 17.8 Å². The summed E-state index contributed by atoms with van der Waals surface area (Å²) < 4.78 is 1.70. The molecule has 2 aromatic rings. The number of carboxylic acids is 1. The lowest BCUT2D eigenvalue weighted by atomic mass is 10.0. The highest BCUT2D eigenvalue weighted by Crippen LogP contribution is 2.41. The van der Waals surface area contributed by atoms with Crippen LogP contribution in [0.4, 0.5) is 4.79 Å². The van der Waals surface area contributed by atoms with Gasteiger partial charge in [0.2, 0.25) is 5.91 Å². The maximum atomic E-state index is 12.9. The normalized spacial score (nSPS) is 20.4. The van der Waals surface area contributed by atoms with E-state index in [1.165, 1.54) is 39.8 Å². The molecule has 0 radical (unpaired) electrons. The molecule has 2 aliphatic rings. The van der Waals surface area contributed by atoms with Crippen LogP contribution < -0.4 is 16.4 Å². The largest absolute Gasteiger partial charge is 0.477 e. The highest BCUT2D eigenvalue weighted by molar-refractivity contribution is 8.01. The summed E-state index contributed by atoms with van der Waals surface area (Å²) in [4.78, 5) is 51.0. The zero-order valence-corrected chi connectivity index (χ0v) is 20.3. The Morgan fingerprint density at radius 1 is 1.41 bits per heavy atom. The Hall–Kier alpha value is -3.04. The number of nitrogens with zero attached hydrogens (tertiary/aromatic N) is 4. The van der Waals surface area contributed by atoms with Gasteiger partial charge in [-0.3, -0.25) is 14.5 Å². The summed E-state index contributed by atoms with van der Waals surface area (Å²) in [6.45, 7) is 2.56. The van der Waals surface area contributed by atoms with E-state index in [1.54, 1.807) is 28.4 Å². The van der Waals surface area contributed by atoms with Crippen molar-refractivity contribution in [3.8, 4) is 0 Å². The number of hydrogen-bond donors (Lipinski definition) is 4. The van der Waals surface area contributed by atoms with E-state index in [9.17, 15) is 24.3 Å². The van der Waals surface area contributed by atoms with Gasteiger partial charge in [0.05, 0.1) is 6.20 Å². The summed E-state index contributed by atoms with van der Waals surface area (Å²) in [7, 11) is 0. The summed E-state index contributed by atoms with van der Waals surface area (Å²) >= 11 is 4.03. The van der Waals surface area contributed by atoms with E-state index < -0.39 is 41.3 Å². The predicted molar refractivity (Wildman–Crippen MR) is 126 cm³/mol. The lowest BCUT2D eigenvalue weighted by Crippen LogP contribution is -2.71. The number of nitrogens with one attached hydrogen (secondary N) is 2. The molecule has 5 N–H and O–H groups in total. The Morgan fingerprint density at radius 3 is 2.85 bits per heavy atom. The summed E-state index contributed by atoms with van der Waals surface area (Å²) in [5.41, 5.74) is 5.75. The predicted octanol–water partition coefficient (Wildman–Crippen LogP) is 0.600. The molecule has 2 unspecified atom stereocenters. The zero-order chi connectivity index (χ0) is 24.4. The highest BCUT2D eigenvalue weighted by Gasteiger charge is 2.54. The average molecular weight is 524 g/mol. The fraction of sp³-hybridized carbons (Fsp3) is 0.368. The summed E-state index contributed by atoms with van der Waals surface area (Å²) in [5, 5.41) is 24.7. The molecule has 4 heterocycles. The molecule has 3 atom stereocenters. The van der Waals surface area contributed by atoms with Crippen molar-refractivity contribution >= 4 is 58.7 Å². The smallest absolute Gasteiger partial charge is 0.352 e. The van der Waals surface area contributed by atoms with Crippen LogP contribution in [-0.2, 0) is 20.9 Å². The van der Waals surface area contributed by atoms with Gasteiger partial charge in [-0.1, -0.05) is 11.3 Å². The lowest BCUT2D eigenvalue weighted by Gasteiger charge is -2.49. The van der Waals surface area contributed by atoms with E-state index in [4.69, 9.17) is 5.73 Å². The number of carbonyl (C=O) groups is 4. The van der Waals surface area contributed by atoms with Crippen LogP contribution in [0.3, 0.4) is 0 Å². The maximum Gasteiger partial charge on any atom is 0.352 e. The van der Waals surface area contributed by atoms with Crippen molar-refractivity contribution in [2.45, 2.75) is 36.0 Å². The van der Waals surface area contributed by atoms with Crippen molar-refractivity contribution in [2.75, 3.05) is 11.5 Å². The van der Waals surface area contributed by atoms with Gasteiger partial charge in [-0.2, -0.15) is 0 Å². The van der Waals surface area contributed by atoms with E-state index in [2.05, 4.69) is 20.9 Å². The van der Waals surface area contributed by atoms with Crippen LogP contribution in [0.25, 0.3) is 0 Å². The van der Waals surface area contributed by atoms with E-state index in [1.807, 2.05) is 6.92 Å². The molecule has 4 amide bonds. The molecule has 1 fully saturated rings. The second-order valence-corrected chi connectivity index (χ2v) is 10.4. The third-order valence-corrected chi connectivity index (χ3v) is 8.58. The number of urea groups is 1. The molecule has 12 nitrogen and oxygen atoms in total. The Kier molecular flexibility index (Phi) is 7.13. The number of thioether (sulfide) groups is 2. The monoisotopic (exact) mass is 523 g/mol. The van der Waals surface area contributed by atoms with E-state index in [0.717, 1.165) is 5.03 Å². The molecular formula is C19H21N7O5S3. The fourth-order valence-electron chi connectivity index (χ4n) is 3.63. The summed E-state index contributed by atoms with van der Waals surface area (Å²) in [5.74, 6) is -1.57. The third kappa shape index (κ3) is 4.63. The Bertz CT molecular complexity index is 1150. The number of primary amides is 1. The third-order valence-electron chi connectivity index (χ3n) is 5.20. The lowest BCUT2D eigenvalue weighted by molar-refractivity contribution is -0.150. The van der Waals surface area contributed by atoms with Crippen molar-refractivity contribution in [3.05, 3.63) is 39.9 Å². The molecule has 180 valence electrons. The topological polar surface area (TPSA) is 173 Å². The minimum absolute atomic E-state index is 0.0626. The molecule has 2 aliphatic heterocycles. The van der Waals surface area contributed by atoms with Crippen molar-refractivity contribution in [1.82, 2.24) is 30.5 Å². The number of aromatic nitrogens is 3. The molecule has 0 aliphatic carbocycles. The number of amides is 4. The number of fused-ring (bicyclic) bond motifs is 1. The van der Waals surface area contributed by atoms with Gasteiger partial charge in [0, 0.05) is 22.9 Å². The Morgan fingerprint density at radius 2 is 2.21 bits per heavy atom. The second-order valence-electron chi connectivity index (χ2n) is 7.29. The molecule has 1 saturated heterocycles. The molecule has 0 bridgehead atoms. The summed E-state index contributed by atoms with van der Waals surface area (Å²) in [6.07, 6.45) is 1.61. The molecule has 0 saturated carbocycles. The van der Waals surface area contributed by atoms with Crippen molar-refractivity contribution in [3.63, 3.8) is 0 Å². The number of carboxylic acid groups (broad SMARTS) is 1. The second kappa shape index (κ2) is 10.1. The van der Waals surface area contributed by atoms with Gasteiger partial charge in [-0.15, -0.1) is 40.0 Å². The van der Waals surface area contributed by atoms with Crippen molar-refractivity contribution in [2.24, 2.45) is 5.73 Å². The van der Waals surface area contributed by atoms with Crippen molar-refractivity contribution in [1.29, 1.82) is 0 Å².